The average molecular weight is 982 g/mol. The van der Waals surface area contributed by atoms with Crippen LogP contribution in [0.15, 0.2) is 115 Å². The van der Waals surface area contributed by atoms with Crippen molar-refractivity contribution in [3.05, 3.63) is 143 Å². The Morgan fingerprint density at radius 1 is 0.514 bits per heavy atom. The lowest BCUT2D eigenvalue weighted by Gasteiger charge is -2.31. The molecule has 2 fully saturated rings. The van der Waals surface area contributed by atoms with E-state index in [4.69, 9.17) is 42.6 Å². The third-order valence-corrected chi connectivity index (χ3v) is 13.7. The Balaban J connectivity index is 0.000000162. The molecule has 5 atom stereocenters. The summed E-state index contributed by atoms with van der Waals surface area (Å²) in [6, 6.07) is 34.5. The Bertz CT molecular complexity index is 2650. The summed E-state index contributed by atoms with van der Waals surface area (Å²) in [5, 5.41) is 0. The van der Waals surface area contributed by atoms with Crippen LogP contribution in [0.25, 0.3) is 0 Å². The van der Waals surface area contributed by atoms with Crippen LogP contribution in [0.2, 0.25) is 0 Å². The Morgan fingerprint density at radius 2 is 0.847 bits per heavy atom. The van der Waals surface area contributed by atoms with Gasteiger partial charge in [-0.1, -0.05) is 81.4 Å². The van der Waals surface area contributed by atoms with Crippen LogP contribution < -0.4 is 28.4 Å². The zero-order valence-corrected chi connectivity index (χ0v) is 41.5. The zero-order valence-electron chi connectivity index (χ0n) is 41.5. The fourth-order valence-corrected chi connectivity index (χ4v) is 9.57. The van der Waals surface area contributed by atoms with E-state index in [1.54, 1.807) is 45.6 Å². The van der Waals surface area contributed by atoms with Gasteiger partial charge in [-0.3, -0.25) is 9.59 Å². The van der Waals surface area contributed by atoms with Crippen molar-refractivity contribution < 1.29 is 66.6 Å². The number of carbonyl (C=O) groups is 5. The molecule has 5 aromatic carbocycles. The third-order valence-electron chi connectivity index (χ3n) is 13.7. The average Bonchev–Trinajstić information content (AvgIpc) is 4.26. The van der Waals surface area contributed by atoms with Gasteiger partial charge in [-0.15, -0.1) is 0 Å². The molecule has 375 valence electrons. The highest BCUT2D eigenvalue weighted by atomic mass is 16.6. The predicted molar refractivity (Wildman–Crippen MR) is 264 cm³/mol. The van der Waals surface area contributed by atoms with Gasteiger partial charge in [0.2, 0.25) is 5.60 Å². The fourth-order valence-electron chi connectivity index (χ4n) is 9.57. The molecule has 0 spiro atoms. The number of hydrogen-bond donors (Lipinski definition) is 0. The van der Waals surface area contributed by atoms with Gasteiger partial charge in [-0.05, 0) is 85.0 Å². The first-order valence-electron chi connectivity index (χ1n) is 23.6. The number of cyclic esters (lactones) is 2. The largest absolute Gasteiger partial charge is 0.497 e. The molecule has 0 aliphatic carbocycles. The van der Waals surface area contributed by atoms with Crippen LogP contribution in [0, 0.1) is 0 Å². The summed E-state index contributed by atoms with van der Waals surface area (Å²) in [4.78, 5) is 66.0. The molecule has 0 saturated carbocycles. The molecule has 3 radical (unpaired) electrons. The lowest BCUT2D eigenvalue weighted by molar-refractivity contribution is -0.157. The van der Waals surface area contributed by atoms with Crippen LogP contribution in [0.4, 0.5) is 9.59 Å². The Labute approximate surface area is 420 Å². The summed E-state index contributed by atoms with van der Waals surface area (Å²) in [5.41, 5.74) is 1.39. The van der Waals surface area contributed by atoms with Crippen molar-refractivity contribution in [2.45, 2.75) is 88.2 Å². The van der Waals surface area contributed by atoms with E-state index in [0.29, 0.717) is 61.5 Å². The highest BCUT2D eigenvalue weighted by Gasteiger charge is 2.54. The van der Waals surface area contributed by atoms with E-state index in [1.807, 2.05) is 112 Å². The van der Waals surface area contributed by atoms with Gasteiger partial charge >= 0.3 is 18.2 Å². The molecule has 72 heavy (non-hydrogen) atoms. The van der Waals surface area contributed by atoms with Crippen LogP contribution in [0.1, 0.15) is 79.9 Å². The number of esters is 1. The van der Waals surface area contributed by atoms with Crippen molar-refractivity contribution in [1.82, 2.24) is 9.80 Å². The maximum atomic E-state index is 13.5. The van der Waals surface area contributed by atoms with Crippen LogP contribution in [-0.2, 0) is 47.9 Å². The van der Waals surface area contributed by atoms with E-state index in [9.17, 15) is 24.0 Å². The number of amides is 4. The lowest BCUT2D eigenvalue weighted by atomic mass is 9.91. The topological polar surface area (TPSA) is 175 Å². The highest BCUT2D eigenvalue weighted by Crippen LogP contribution is 2.44. The molecule has 5 aromatic rings. The van der Waals surface area contributed by atoms with Crippen LogP contribution >= 0.6 is 0 Å². The number of carbonyl (C=O) groups excluding carboxylic acids is 5. The van der Waals surface area contributed by atoms with Gasteiger partial charge in [-0.25, -0.2) is 24.2 Å². The van der Waals surface area contributed by atoms with Gasteiger partial charge in [0.25, 0.3) is 11.8 Å². The van der Waals surface area contributed by atoms with Crippen molar-refractivity contribution in [3.63, 3.8) is 0 Å². The van der Waals surface area contributed by atoms with Gasteiger partial charge in [-0.2, -0.15) is 0 Å². The number of nitrogens with zero attached hydrogens (tertiary/aromatic N) is 2. The molecule has 17 heteroatoms. The second kappa shape index (κ2) is 21.8. The van der Waals surface area contributed by atoms with Crippen molar-refractivity contribution >= 4 is 38.4 Å². The van der Waals surface area contributed by atoms with Gasteiger partial charge < -0.3 is 42.6 Å². The van der Waals surface area contributed by atoms with E-state index >= 15 is 0 Å². The molecule has 5 aliphatic rings. The maximum absolute atomic E-state index is 13.5. The minimum absolute atomic E-state index is 0. The molecule has 5 aliphatic heterocycles. The summed E-state index contributed by atoms with van der Waals surface area (Å²) < 4.78 is 48.9. The van der Waals surface area contributed by atoms with Crippen LogP contribution in [0.3, 0.4) is 0 Å². The summed E-state index contributed by atoms with van der Waals surface area (Å²) in [5.74, 6) is 3.16. The summed E-state index contributed by atoms with van der Waals surface area (Å²) >= 11 is 0. The quantitative estimate of drug-likeness (QED) is 0.0699. The minimum atomic E-state index is -1.12. The van der Waals surface area contributed by atoms with E-state index in [1.165, 1.54) is 16.9 Å². The number of imide groups is 2. The second-order valence-corrected chi connectivity index (χ2v) is 17.6. The standard InChI is InChI=1S/2C21H21NO5.C13H16O4.B/c2*1-3-21(12-15-11-16(25-2)9-10-18(15)27-21)19(23)22-17(13-26-20(22)24)14-7-5-4-6-8-14;1-4-13(12(14)16-3)8-9-7-10(15-2)5-6-11(9)17-13;/h2*4-11,17H,3,12-13H2,1-2H3;5-7H,4,8H2,1-3H3;/t17-,21+;17-,21-;;/m00../s1. The molecule has 0 aromatic heterocycles. The van der Waals surface area contributed by atoms with Crippen LogP contribution in [0.5, 0.6) is 34.5 Å². The van der Waals surface area contributed by atoms with Crippen molar-refractivity contribution in [1.29, 1.82) is 0 Å². The fraction of sp³-hybridized carbons (Fsp3) is 0.364. The van der Waals surface area contributed by atoms with E-state index in [2.05, 4.69) is 0 Å². The number of fused-ring (bicyclic) bond motifs is 3. The highest BCUT2D eigenvalue weighted by molar-refractivity contribution is 6.00. The molecule has 2 saturated heterocycles. The van der Waals surface area contributed by atoms with Crippen molar-refractivity contribution in [2.75, 3.05) is 41.7 Å². The monoisotopic (exact) mass is 981 g/mol. The molecule has 10 rings (SSSR count). The number of benzene rings is 5. The Hall–Kier alpha value is -7.69. The van der Waals surface area contributed by atoms with Gasteiger partial charge in [0, 0.05) is 44.4 Å². The van der Waals surface area contributed by atoms with Crippen molar-refractivity contribution in [3.8, 4) is 34.5 Å². The zero-order chi connectivity index (χ0) is 50.5. The molecule has 5 heterocycles. The van der Waals surface area contributed by atoms with E-state index in [-0.39, 0.29) is 39.4 Å². The molecular weight excluding hydrogens is 923 g/mol. The lowest BCUT2D eigenvalue weighted by Crippen LogP contribution is -2.52. The van der Waals surface area contributed by atoms with Crippen molar-refractivity contribution in [2.24, 2.45) is 0 Å². The summed E-state index contributed by atoms with van der Waals surface area (Å²) in [7, 11) is 6.19. The third kappa shape index (κ3) is 9.84. The number of hydrogen-bond acceptors (Lipinski definition) is 14. The number of ether oxygens (including phenoxy) is 9. The van der Waals surface area contributed by atoms with Gasteiger partial charge in [0.15, 0.2) is 11.2 Å². The molecular formula is C55H58BN2O14. The Kier molecular flexibility index (Phi) is 15.8. The van der Waals surface area contributed by atoms with Gasteiger partial charge in [0.1, 0.15) is 59.8 Å². The maximum Gasteiger partial charge on any atom is 0.417 e. The first kappa shape index (κ1) is 52.1. The first-order chi connectivity index (χ1) is 34.3. The van der Waals surface area contributed by atoms with E-state index in [0.717, 1.165) is 39.3 Å². The summed E-state index contributed by atoms with van der Waals surface area (Å²) in [6.45, 7) is 5.99. The molecule has 0 bridgehead atoms. The first-order valence-corrected chi connectivity index (χ1v) is 23.6. The SMILES string of the molecule is CCC1(C(=O)OC)Cc2cc(OC)ccc2O1.CC[C@@]1(C(=O)N2C(=O)OC[C@H]2c2ccccc2)Cc2cc(OC)ccc2O1.CC[C@]1(C(=O)N2C(=O)OC[C@H]2c2ccccc2)Cc2cc(OC)ccc2O1.[B]. The molecule has 1 unspecified atom stereocenters. The molecule has 16 nitrogen and oxygen atoms in total. The predicted octanol–water partition coefficient (Wildman–Crippen LogP) is 8.57. The minimum Gasteiger partial charge on any atom is -0.497 e. The second-order valence-electron chi connectivity index (χ2n) is 17.6. The smallest absolute Gasteiger partial charge is 0.417 e. The molecule has 4 amide bonds. The van der Waals surface area contributed by atoms with Crippen LogP contribution in [-0.4, -0.2) is 107 Å². The van der Waals surface area contributed by atoms with Gasteiger partial charge in [0.05, 0.1) is 28.4 Å². The molecule has 0 N–H and O–H groups in total. The normalized spacial score (nSPS) is 22.8. The number of methoxy groups -OCH3 is 4. The summed E-state index contributed by atoms with van der Waals surface area (Å²) in [6.07, 6.45) is 1.51. The van der Waals surface area contributed by atoms with E-state index < -0.39 is 41.1 Å². The number of rotatable bonds is 11. The Morgan fingerprint density at radius 3 is 1.17 bits per heavy atom.